The molecule has 0 radical (unpaired) electrons. The molecule has 1 saturated carbocycles. The Morgan fingerprint density at radius 2 is 2.05 bits per heavy atom. The number of methoxy groups -OCH3 is 1. The smallest absolute Gasteiger partial charge is 0.0589 e. The quantitative estimate of drug-likeness (QED) is 0.815. The van der Waals surface area contributed by atoms with Crippen LogP contribution < -0.4 is 5.32 Å². The first-order valence-electron chi connectivity index (χ1n) is 8.35. The van der Waals surface area contributed by atoms with Gasteiger partial charge in [-0.1, -0.05) is 24.3 Å². The Morgan fingerprint density at radius 1 is 1.24 bits per heavy atom. The van der Waals surface area contributed by atoms with Crippen molar-refractivity contribution in [2.45, 2.75) is 50.2 Å². The van der Waals surface area contributed by atoms with Gasteiger partial charge >= 0.3 is 0 Å². The molecule has 1 fully saturated rings. The van der Waals surface area contributed by atoms with E-state index in [-0.39, 0.29) is 0 Å². The monoisotopic (exact) mass is 288 g/mol. The van der Waals surface area contributed by atoms with Crippen molar-refractivity contribution in [1.82, 2.24) is 10.2 Å². The first-order valence-corrected chi connectivity index (χ1v) is 8.35. The number of rotatable bonds is 6. The summed E-state index contributed by atoms with van der Waals surface area (Å²) in [6, 6.07) is 10.8. The van der Waals surface area contributed by atoms with Crippen molar-refractivity contribution in [3.05, 3.63) is 35.4 Å². The van der Waals surface area contributed by atoms with Crippen molar-refractivity contribution in [2.24, 2.45) is 0 Å². The zero-order valence-corrected chi connectivity index (χ0v) is 13.3. The van der Waals surface area contributed by atoms with E-state index in [9.17, 15) is 0 Å². The molecule has 1 N–H and O–H groups in total. The van der Waals surface area contributed by atoms with Crippen LogP contribution in [0, 0.1) is 0 Å². The molecule has 0 bridgehead atoms. The SMILES string of the molecule is CNC1c2ccccc2CCCC1N(CCOC)C1CC1. The van der Waals surface area contributed by atoms with E-state index in [0.29, 0.717) is 12.1 Å². The minimum absolute atomic E-state index is 0.446. The van der Waals surface area contributed by atoms with Crippen molar-refractivity contribution in [3.63, 3.8) is 0 Å². The van der Waals surface area contributed by atoms with Gasteiger partial charge in [0.25, 0.3) is 0 Å². The third kappa shape index (κ3) is 3.31. The molecule has 0 aromatic heterocycles. The molecular weight excluding hydrogens is 260 g/mol. The molecule has 1 aromatic carbocycles. The van der Waals surface area contributed by atoms with E-state index in [0.717, 1.165) is 19.2 Å². The highest BCUT2D eigenvalue weighted by Gasteiger charge is 2.38. The Hall–Kier alpha value is -0.900. The van der Waals surface area contributed by atoms with Gasteiger partial charge in [-0.15, -0.1) is 0 Å². The van der Waals surface area contributed by atoms with Crippen LogP contribution in [0.25, 0.3) is 0 Å². The molecule has 0 aliphatic heterocycles. The third-order valence-electron chi connectivity index (χ3n) is 5.03. The van der Waals surface area contributed by atoms with Gasteiger partial charge in [0.05, 0.1) is 6.61 Å². The molecule has 2 atom stereocenters. The van der Waals surface area contributed by atoms with E-state index in [4.69, 9.17) is 4.74 Å². The first kappa shape index (κ1) is 15.0. The fourth-order valence-electron chi connectivity index (χ4n) is 3.87. The molecular formula is C18H28N2O. The van der Waals surface area contributed by atoms with Gasteiger partial charge in [0.2, 0.25) is 0 Å². The van der Waals surface area contributed by atoms with Crippen LogP contribution in [0.4, 0.5) is 0 Å². The normalized spacial score (nSPS) is 25.7. The fourth-order valence-corrected chi connectivity index (χ4v) is 3.87. The Labute approximate surface area is 128 Å². The summed E-state index contributed by atoms with van der Waals surface area (Å²) in [6.45, 7) is 1.90. The van der Waals surface area contributed by atoms with E-state index in [1.165, 1.54) is 43.2 Å². The van der Waals surface area contributed by atoms with E-state index >= 15 is 0 Å². The summed E-state index contributed by atoms with van der Waals surface area (Å²) in [6.07, 6.45) is 6.50. The average molecular weight is 288 g/mol. The molecule has 1 aromatic rings. The summed E-state index contributed by atoms with van der Waals surface area (Å²) in [7, 11) is 3.92. The van der Waals surface area contributed by atoms with Crippen molar-refractivity contribution in [1.29, 1.82) is 0 Å². The number of hydrogen-bond acceptors (Lipinski definition) is 3. The lowest BCUT2D eigenvalue weighted by Gasteiger charge is -2.37. The third-order valence-corrected chi connectivity index (χ3v) is 5.03. The van der Waals surface area contributed by atoms with Crippen LogP contribution in [0.5, 0.6) is 0 Å². The number of hydrogen-bond donors (Lipinski definition) is 1. The largest absolute Gasteiger partial charge is 0.383 e. The lowest BCUT2D eigenvalue weighted by Crippen LogP contribution is -2.46. The Balaban J connectivity index is 1.85. The Kier molecular flexibility index (Phi) is 4.94. The van der Waals surface area contributed by atoms with E-state index < -0.39 is 0 Å². The van der Waals surface area contributed by atoms with Crippen LogP contribution in [0.15, 0.2) is 24.3 Å². The van der Waals surface area contributed by atoms with Crippen LogP contribution in [-0.2, 0) is 11.2 Å². The molecule has 2 aliphatic carbocycles. The highest BCUT2D eigenvalue weighted by molar-refractivity contribution is 5.32. The van der Waals surface area contributed by atoms with Gasteiger partial charge in [-0.25, -0.2) is 0 Å². The summed E-state index contributed by atoms with van der Waals surface area (Å²) in [5.74, 6) is 0. The predicted octanol–water partition coefficient (Wildman–Crippen LogP) is 2.76. The van der Waals surface area contributed by atoms with E-state index in [2.05, 4.69) is 41.5 Å². The van der Waals surface area contributed by atoms with E-state index in [1.54, 1.807) is 0 Å². The molecule has 0 saturated heterocycles. The van der Waals surface area contributed by atoms with Crippen molar-refractivity contribution in [3.8, 4) is 0 Å². The lowest BCUT2D eigenvalue weighted by atomic mass is 9.95. The molecule has 0 amide bonds. The van der Waals surface area contributed by atoms with Crippen molar-refractivity contribution >= 4 is 0 Å². The van der Waals surface area contributed by atoms with Crippen LogP contribution in [0.2, 0.25) is 0 Å². The molecule has 2 unspecified atom stereocenters. The molecule has 0 spiro atoms. The molecule has 3 rings (SSSR count). The number of ether oxygens (including phenoxy) is 1. The van der Waals surface area contributed by atoms with Gasteiger partial charge in [-0.2, -0.15) is 0 Å². The molecule has 2 aliphatic rings. The van der Waals surface area contributed by atoms with Crippen LogP contribution in [0.1, 0.15) is 42.9 Å². The molecule has 3 nitrogen and oxygen atoms in total. The van der Waals surface area contributed by atoms with E-state index in [1.807, 2.05) is 7.11 Å². The second-order valence-electron chi connectivity index (χ2n) is 6.39. The Bertz CT molecular complexity index is 458. The standard InChI is InChI=1S/C18H28N2O/c1-19-18-16-8-4-3-6-14(16)7-5-9-17(18)20(12-13-21-2)15-10-11-15/h3-4,6,8,15,17-19H,5,7,9-13H2,1-2H3. The second kappa shape index (κ2) is 6.91. The molecule has 3 heteroatoms. The van der Waals surface area contributed by atoms with Gasteiger partial charge in [-0.05, 0) is 50.3 Å². The van der Waals surface area contributed by atoms with Crippen molar-refractivity contribution in [2.75, 3.05) is 27.3 Å². The zero-order chi connectivity index (χ0) is 14.7. The number of likely N-dealkylation sites (N-methyl/N-ethyl adjacent to an activating group) is 1. The fraction of sp³-hybridized carbons (Fsp3) is 0.667. The molecule has 21 heavy (non-hydrogen) atoms. The predicted molar refractivity (Wildman–Crippen MR) is 86.6 cm³/mol. The van der Waals surface area contributed by atoms with Crippen LogP contribution in [-0.4, -0.2) is 44.3 Å². The average Bonchev–Trinajstić information content (AvgIpc) is 3.34. The number of aryl methyl sites for hydroxylation is 1. The zero-order valence-electron chi connectivity index (χ0n) is 13.3. The van der Waals surface area contributed by atoms with Crippen LogP contribution >= 0.6 is 0 Å². The summed E-state index contributed by atoms with van der Waals surface area (Å²) in [4.78, 5) is 2.72. The minimum atomic E-state index is 0.446. The summed E-state index contributed by atoms with van der Waals surface area (Å²) < 4.78 is 5.35. The minimum Gasteiger partial charge on any atom is -0.383 e. The van der Waals surface area contributed by atoms with Gasteiger partial charge < -0.3 is 10.1 Å². The number of nitrogens with zero attached hydrogens (tertiary/aromatic N) is 1. The summed E-state index contributed by atoms with van der Waals surface area (Å²) in [5, 5.41) is 3.61. The maximum atomic E-state index is 5.35. The molecule has 116 valence electrons. The first-order chi connectivity index (χ1) is 10.3. The number of fused-ring (bicyclic) bond motifs is 1. The topological polar surface area (TPSA) is 24.5 Å². The van der Waals surface area contributed by atoms with Gasteiger partial charge in [-0.3, -0.25) is 4.90 Å². The summed E-state index contributed by atoms with van der Waals surface area (Å²) in [5.41, 5.74) is 3.03. The van der Waals surface area contributed by atoms with Gasteiger partial charge in [0, 0.05) is 31.8 Å². The molecule has 0 heterocycles. The van der Waals surface area contributed by atoms with Gasteiger partial charge in [0.15, 0.2) is 0 Å². The highest BCUT2D eigenvalue weighted by atomic mass is 16.5. The van der Waals surface area contributed by atoms with Crippen LogP contribution in [0.3, 0.4) is 0 Å². The maximum absolute atomic E-state index is 5.35. The van der Waals surface area contributed by atoms with Gasteiger partial charge in [0.1, 0.15) is 0 Å². The number of nitrogens with one attached hydrogen (secondary N) is 1. The number of benzene rings is 1. The highest BCUT2D eigenvalue weighted by Crippen LogP contribution is 2.37. The second-order valence-corrected chi connectivity index (χ2v) is 6.39. The Morgan fingerprint density at radius 3 is 2.76 bits per heavy atom. The maximum Gasteiger partial charge on any atom is 0.0589 e. The van der Waals surface area contributed by atoms with Crippen molar-refractivity contribution < 1.29 is 4.74 Å². The summed E-state index contributed by atoms with van der Waals surface area (Å²) >= 11 is 0. The lowest BCUT2D eigenvalue weighted by molar-refractivity contribution is 0.0926.